The van der Waals surface area contributed by atoms with Crippen LogP contribution in [0, 0.1) is 23.2 Å². The molecule has 1 aromatic heterocycles. The number of nitrogens with zero attached hydrogens (tertiary/aromatic N) is 4. The molecule has 1 fully saturated rings. The van der Waals surface area contributed by atoms with Gasteiger partial charge in [0.25, 0.3) is 5.91 Å². The summed E-state index contributed by atoms with van der Waals surface area (Å²) in [5.74, 6) is 0.145. The number of ether oxygens (including phenoxy) is 1. The molecular weight excluding hydrogens is 602 g/mol. The minimum atomic E-state index is -0.433. The number of aromatic nitrogens is 2. The maximum atomic E-state index is 13.5. The Balaban J connectivity index is 1.36. The molecule has 244 valence electrons. The summed E-state index contributed by atoms with van der Waals surface area (Å²) >= 11 is 0. The van der Waals surface area contributed by atoms with Crippen molar-refractivity contribution in [2.24, 2.45) is 11.8 Å². The number of hydrogen-bond donors (Lipinski definition) is 1. The fraction of sp³-hybridized carbons (Fsp3) is 0.308. The highest BCUT2D eigenvalue weighted by molar-refractivity contribution is 6.04. The number of allylic oxidation sites excluding steroid dienone is 4. The summed E-state index contributed by atoms with van der Waals surface area (Å²) in [6, 6.07) is 22.6. The average Bonchev–Trinajstić information content (AvgIpc) is 3.77. The molecule has 1 unspecified atom stereocenters. The molecule has 9 nitrogen and oxygen atoms in total. The van der Waals surface area contributed by atoms with Crippen molar-refractivity contribution in [2.75, 3.05) is 23.9 Å². The van der Waals surface area contributed by atoms with Gasteiger partial charge < -0.3 is 14.2 Å². The van der Waals surface area contributed by atoms with Crippen molar-refractivity contribution in [3.8, 4) is 6.07 Å². The van der Waals surface area contributed by atoms with Crippen LogP contribution >= 0.6 is 0 Å². The van der Waals surface area contributed by atoms with Crippen molar-refractivity contribution in [3.63, 3.8) is 0 Å². The van der Waals surface area contributed by atoms with Crippen molar-refractivity contribution in [2.45, 2.75) is 51.0 Å². The average molecular weight is 642 g/mol. The number of anilines is 2. The first-order chi connectivity index (χ1) is 23.4. The van der Waals surface area contributed by atoms with Crippen LogP contribution in [0.5, 0.6) is 0 Å². The fourth-order valence-corrected chi connectivity index (χ4v) is 6.60. The van der Waals surface area contributed by atoms with Gasteiger partial charge in [-0.25, -0.2) is 9.78 Å². The van der Waals surface area contributed by atoms with Gasteiger partial charge in [-0.2, -0.15) is 5.26 Å². The van der Waals surface area contributed by atoms with Gasteiger partial charge in [0.05, 0.1) is 34.3 Å². The Morgan fingerprint density at radius 1 is 1.02 bits per heavy atom. The molecule has 0 aliphatic heterocycles. The molecule has 2 amide bonds. The van der Waals surface area contributed by atoms with Gasteiger partial charge in [0, 0.05) is 24.7 Å². The first-order valence-corrected chi connectivity index (χ1v) is 16.5. The molecular formula is C39H39N5O4. The number of rotatable bonds is 11. The fourth-order valence-electron chi connectivity index (χ4n) is 6.60. The third-order valence-corrected chi connectivity index (χ3v) is 9.30. The molecule has 3 aromatic carbocycles. The largest absolute Gasteiger partial charge is 0.460 e. The molecule has 4 aromatic rings. The van der Waals surface area contributed by atoms with E-state index < -0.39 is 5.97 Å². The second kappa shape index (κ2) is 14.9. The predicted octanol–water partition coefficient (Wildman–Crippen LogP) is 7.62. The summed E-state index contributed by atoms with van der Waals surface area (Å²) in [6.07, 6.45) is 14.8. The van der Waals surface area contributed by atoms with E-state index in [1.807, 2.05) is 41.0 Å². The molecule has 0 bridgehead atoms. The van der Waals surface area contributed by atoms with E-state index in [0.717, 1.165) is 24.8 Å². The lowest BCUT2D eigenvalue weighted by atomic mass is 9.93. The van der Waals surface area contributed by atoms with Gasteiger partial charge in [0.2, 0.25) is 11.9 Å². The van der Waals surface area contributed by atoms with E-state index >= 15 is 0 Å². The van der Waals surface area contributed by atoms with Crippen molar-refractivity contribution < 1.29 is 19.1 Å². The van der Waals surface area contributed by atoms with Gasteiger partial charge in [0.1, 0.15) is 6.61 Å². The van der Waals surface area contributed by atoms with Crippen LogP contribution in [0.1, 0.15) is 77.3 Å². The highest BCUT2D eigenvalue weighted by atomic mass is 16.5. The normalized spacial score (nSPS) is 16.4. The number of carbonyl (C=O) groups excluding carboxylic acids is 3. The lowest BCUT2D eigenvalue weighted by molar-refractivity contribution is -0.119. The molecule has 0 saturated heterocycles. The van der Waals surface area contributed by atoms with Gasteiger partial charge >= 0.3 is 5.97 Å². The lowest BCUT2D eigenvalue weighted by Gasteiger charge is -2.25. The van der Waals surface area contributed by atoms with E-state index in [4.69, 9.17) is 9.72 Å². The van der Waals surface area contributed by atoms with E-state index in [9.17, 15) is 19.6 Å². The molecule has 0 radical (unpaired) electrons. The summed E-state index contributed by atoms with van der Waals surface area (Å²) < 4.78 is 7.84. The van der Waals surface area contributed by atoms with Crippen molar-refractivity contribution in [1.29, 1.82) is 5.26 Å². The van der Waals surface area contributed by atoms with Crippen LogP contribution in [0.4, 0.5) is 11.6 Å². The Bertz CT molecular complexity index is 1880. The van der Waals surface area contributed by atoms with E-state index in [0.29, 0.717) is 52.6 Å². The second-order valence-corrected chi connectivity index (χ2v) is 12.6. The molecule has 48 heavy (non-hydrogen) atoms. The Kier molecular flexibility index (Phi) is 10.1. The number of imidazole rings is 1. The summed E-state index contributed by atoms with van der Waals surface area (Å²) in [7, 11) is 1.79. The topological polar surface area (TPSA) is 117 Å². The third-order valence-electron chi connectivity index (χ3n) is 9.30. The molecule has 6 rings (SSSR count). The zero-order chi connectivity index (χ0) is 33.5. The smallest absolute Gasteiger partial charge is 0.338 e. The van der Waals surface area contributed by atoms with Crippen LogP contribution < -0.4 is 10.2 Å². The molecule has 1 saturated carbocycles. The number of carbonyl (C=O) groups is 3. The zero-order valence-corrected chi connectivity index (χ0v) is 27.0. The highest BCUT2D eigenvalue weighted by Crippen LogP contribution is 2.34. The van der Waals surface area contributed by atoms with E-state index in [-0.39, 0.29) is 30.4 Å². The third kappa shape index (κ3) is 7.55. The Morgan fingerprint density at radius 2 is 1.79 bits per heavy atom. The number of benzene rings is 3. The van der Waals surface area contributed by atoms with Gasteiger partial charge in [0.15, 0.2) is 0 Å². The van der Waals surface area contributed by atoms with Crippen LogP contribution in [0.3, 0.4) is 0 Å². The number of amides is 2. The Morgan fingerprint density at radius 3 is 2.50 bits per heavy atom. The van der Waals surface area contributed by atoms with Gasteiger partial charge in [-0.3, -0.25) is 14.9 Å². The summed E-state index contributed by atoms with van der Waals surface area (Å²) in [6.45, 7) is 0.0501. The predicted molar refractivity (Wildman–Crippen MR) is 186 cm³/mol. The first kappa shape index (κ1) is 32.5. The number of nitriles is 1. The molecule has 1 N–H and O–H groups in total. The van der Waals surface area contributed by atoms with E-state index in [1.165, 1.54) is 12.8 Å². The van der Waals surface area contributed by atoms with Crippen LogP contribution in [0.2, 0.25) is 0 Å². The molecule has 2 aliphatic carbocycles. The maximum Gasteiger partial charge on any atom is 0.338 e. The number of nitrogens with one attached hydrogen (secondary N) is 1. The van der Waals surface area contributed by atoms with Crippen molar-refractivity contribution in [3.05, 3.63) is 114 Å². The zero-order valence-electron chi connectivity index (χ0n) is 27.0. The Labute approximate surface area is 280 Å². The van der Waals surface area contributed by atoms with E-state index in [1.54, 1.807) is 60.5 Å². The van der Waals surface area contributed by atoms with Gasteiger partial charge in [-0.15, -0.1) is 0 Å². The molecule has 2 aliphatic rings. The van der Waals surface area contributed by atoms with Crippen LogP contribution in [-0.2, 0) is 9.53 Å². The molecule has 9 heteroatoms. The van der Waals surface area contributed by atoms with E-state index in [2.05, 4.69) is 23.5 Å². The minimum absolute atomic E-state index is 0.0501. The molecule has 0 spiro atoms. The number of fused-ring (bicyclic) bond motifs is 1. The highest BCUT2D eigenvalue weighted by Gasteiger charge is 2.27. The SMILES string of the molecule is CN(C(=O)CC1CCCC1)c1ccc2c(c1)nc(NC(=O)c1ccc(C#N)cc1)n2[C@H](COC(=O)c1ccccc1)CC1C=CC=CC1. The monoisotopic (exact) mass is 641 g/mol. The quantitative estimate of drug-likeness (QED) is 0.168. The van der Waals surface area contributed by atoms with Crippen molar-refractivity contribution >= 4 is 40.5 Å². The standard InChI is InChI=1S/C39H39N5O4/c1-43(36(45)23-28-12-8-9-13-28)32-20-21-35-34(24-32)41-39(42-37(46)30-18-16-29(25-40)17-19-30)44(35)33(22-27-10-4-2-5-11-27)26-48-38(47)31-14-6-3-7-15-31/h2-7,10,14-21,24,27-28,33H,8-9,11-13,22-23,26H2,1H3,(H,41,42,46)/t27?,33-/m0/s1. The minimum Gasteiger partial charge on any atom is -0.460 e. The molecule has 2 atom stereocenters. The van der Waals surface area contributed by atoms with Gasteiger partial charge in [-0.05, 0) is 92.1 Å². The summed E-state index contributed by atoms with van der Waals surface area (Å²) in [5, 5.41) is 12.2. The second-order valence-electron chi connectivity index (χ2n) is 12.6. The first-order valence-electron chi connectivity index (χ1n) is 16.5. The van der Waals surface area contributed by atoms with Crippen LogP contribution in [0.15, 0.2) is 97.1 Å². The van der Waals surface area contributed by atoms with Crippen LogP contribution in [0.25, 0.3) is 11.0 Å². The number of esters is 1. The number of hydrogen-bond acceptors (Lipinski definition) is 6. The van der Waals surface area contributed by atoms with Crippen molar-refractivity contribution in [1.82, 2.24) is 9.55 Å². The molecule has 1 heterocycles. The van der Waals surface area contributed by atoms with Crippen LogP contribution in [-0.4, -0.2) is 41.0 Å². The van der Waals surface area contributed by atoms with Gasteiger partial charge in [-0.1, -0.05) is 55.3 Å². The maximum absolute atomic E-state index is 13.5. The summed E-state index contributed by atoms with van der Waals surface area (Å²) in [5.41, 5.74) is 3.33. The summed E-state index contributed by atoms with van der Waals surface area (Å²) in [4.78, 5) is 46.4. The lowest BCUT2D eigenvalue weighted by Crippen LogP contribution is -2.27. The Hall–Kier alpha value is -5.49.